The smallest absolute Gasteiger partial charge is 0.257 e. The molecule has 218 valence electrons. The van der Waals surface area contributed by atoms with Gasteiger partial charge in [-0.1, -0.05) is 55.0 Å². The molecule has 3 aromatic rings. The number of aryl methyl sites for hydroxylation is 1. The van der Waals surface area contributed by atoms with Crippen molar-refractivity contribution in [2.24, 2.45) is 7.05 Å². The average molecular weight is 579 g/mol. The molecular formula is C32H39ClN4O4. The summed E-state index contributed by atoms with van der Waals surface area (Å²) in [5.74, 6) is 6.16. The van der Waals surface area contributed by atoms with Crippen LogP contribution in [0.5, 0.6) is 0 Å². The van der Waals surface area contributed by atoms with Gasteiger partial charge in [0.25, 0.3) is 5.91 Å². The number of benzene rings is 2. The van der Waals surface area contributed by atoms with E-state index in [0.29, 0.717) is 48.8 Å². The predicted molar refractivity (Wildman–Crippen MR) is 163 cm³/mol. The number of morpholine rings is 1. The standard InChI is InChI=1S/C32H39ClN4O4/c1-3-4-13-36(15-18-38)14-5-6-27-25(22-37-16-19-41-20-17-37)9-12-29-30(27)31(39)28(23-35(29)2)32(40)34-21-24-7-10-26(33)11-8-24/h7-12,23,38H,3-4,13-22H2,1-2H3,(H,34,40). The lowest BCUT2D eigenvalue weighted by atomic mass is 9.99. The van der Waals surface area contributed by atoms with Gasteiger partial charge in [0.15, 0.2) is 0 Å². The molecule has 0 atom stereocenters. The molecule has 2 heterocycles. The molecule has 2 N–H and O–H groups in total. The second kappa shape index (κ2) is 15.2. The number of amides is 1. The molecule has 1 aromatic heterocycles. The molecule has 8 nitrogen and oxygen atoms in total. The van der Waals surface area contributed by atoms with Gasteiger partial charge in [-0.25, -0.2) is 0 Å². The number of unbranched alkanes of at least 4 members (excludes halogenated alkanes) is 1. The van der Waals surface area contributed by atoms with E-state index in [1.54, 1.807) is 18.3 Å². The van der Waals surface area contributed by atoms with Crippen molar-refractivity contribution in [1.82, 2.24) is 19.7 Å². The van der Waals surface area contributed by atoms with Gasteiger partial charge in [0.2, 0.25) is 5.43 Å². The third kappa shape index (κ3) is 8.19. The number of hydrogen-bond acceptors (Lipinski definition) is 6. The van der Waals surface area contributed by atoms with E-state index < -0.39 is 5.91 Å². The second-order valence-electron chi connectivity index (χ2n) is 10.3. The fourth-order valence-electron chi connectivity index (χ4n) is 4.96. The minimum atomic E-state index is -0.436. The Bertz CT molecular complexity index is 1450. The van der Waals surface area contributed by atoms with Crippen molar-refractivity contribution in [3.63, 3.8) is 0 Å². The van der Waals surface area contributed by atoms with E-state index in [1.165, 1.54) is 0 Å². The van der Waals surface area contributed by atoms with Gasteiger partial charge in [0, 0.05) is 56.6 Å². The van der Waals surface area contributed by atoms with Gasteiger partial charge in [-0.05, 0) is 42.3 Å². The highest BCUT2D eigenvalue weighted by atomic mass is 35.5. The number of fused-ring (bicyclic) bond motifs is 1. The number of nitrogens with zero attached hydrogens (tertiary/aromatic N) is 3. The lowest BCUT2D eigenvalue weighted by Gasteiger charge is -2.27. The average Bonchev–Trinajstić information content (AvgIpc) is 2.98. The number of nitrogens with one attached hydrogen (secondary N) is 1. The number of halogens is 1. The summed E-state index contributed by atoms with van der Waals surface area (Å²) < 4.78 is 7.34. The van der Waals surface area contributed by atoms with E-state index in [-0.39, 0.29) is 24.1 Å². The highest BCUT2D eigenvalue weighted by Gasteiger charge is 2.20. The zero-order chi connectivity index (χ0) is 29.2. The monoisotopic (exact) mass is 578 g/mol. The van der Waals surface area contributed by atoms with Crippen LogP contribution in [0.2, 0.25) is 5.02 Å². The number of aliphatic hydroxyl groups is 1. The van der Waals surface area contributed by atoms with Crippen LogP contribution in [0.1, 0.15) is 46.8 Å². The summed E-state index contributed by atoms with van der Waals surface area (Å²) in [5.41, 5.74) is 2.95. The van der Waals surface area contributed by atoms with Crippen molar-refractivity contribution < 1.29 is 14.6 Å². The summed E-state index contributed by atoms with van der Waals surface area (Å²) in [4.78, 5) is 31.6. The summed E-state index contributed by atoms with van der Waals surface area (Å²) in [6.45, 7) is 7.93. The van der Waals surface area contributed by atoms with E-state index in [1.807, 2.05) is 35.9 Å². The number of aliphatic hydroxyl groups excluding tert-OH is 1. The van der Waals surface area contributed by atoms with E-state index in [4.69, 9.17) is 16.3 Å². The van der Waals surface area contributed by atoms with E-state index >= 15 is 0 Å². The SMILES string of the molecule is CCCCN(CC#Cc1c(CN2CCOCC2)ccc2c1c(=O)c(C(=O)NCc1ccc(Cl)cc1)cn2C)CCO. The van der Waals surface area contributed by atoms with Crippen molar-refractivity contribution in [3.8, 4) is 11.8 Å². The molecule has 0 spiro atoms. The van der Waals surface area contributed by atoms with Gasteiger partial charge in [-0.15, -0.1) is 0 Å². The van der Waals surface area contributed by atoms with Gasteiger partial charge in [-0.2, -0.15) is 0 Å². The van der Waals surface area contributed by atoms with Crippen molar-refractivity contribution in [2.45, 2.75) is 32.9 Å². The first-order chi connectivity index (χ1) is 19.9. The molecule has 1 aliphatic rings. The summed E-state index contributed by atoms with van der Waals surface area (Å²) in [7, 11) is 1.84. The molecule has 2 aromatic carbocycles. The van der Waals surface area contributed by atoms with Crippen LogP contribution < -0.4 is 10.7 Å². The Morgan fingerprint density at radius 2 is 1.90 bits per heavy atom. The molecule has 0 radical (unpaired) electrons. The fourth-order valence-corrected chi connectivity index (χ4v) is 5.09. The summed E-state index contributed by atoms with van der Waals surface area (Å²) in [5, 5.41) is 13.5. The van der Waals surface area contributed by atoms with Crippen molar-refractivity contribution in [2.75, 3.05) is 52.5 Å². The maximum absolute atomic E-state index is 13.9. The molecule has 41 heavy (non-hydrogen) atoms. The number of aromatic nitrogens is 1. The fraction of sp³-hybridized carbons (Fsp3) is 0.438. The Morgan fingerprint density at radius 1 is 1.15 bits per heavy atom. The minimum Gasteiger partial charge on any atom is -0.395 e. The number of pyridine rings is 1. The van der Waals surface area contributed by atoms with Crippen LogP contribution in [0.15, 0.2) is 47.4 Å². The van der Waals surface area contributed by atoms with Gasteiger partial charge < -0.3 is 19.7 Å². The minimum absolute atomic E-state index is 0.0664. The zero-order valence-corrected chi connectivity index (χ0v) is 24.7. The van der Waals surface area contributed by atoms with Crippen LogP contribution in [0.4, 0.5) is 0 Å². The molecule has 0 saturated carbocycles. The van der Waals surface area contributed by atoms with Crippen LogP contribution >= 0.6 is 11.6 Å². The molecule has 4 rings (SSSR count). The number of carbonyl (C=O) groups is 1. The van der Waals surface area contributed by atoms with Crippen LogP contribution in [0.25, 0.3) is 10.9 Å². The molecule has 1 amide bonds. The normalized spacial score (nSPS) is 13.8. The lowest BCUT2D eigenvalue weighted by Crippen LogP contribution is -2.36. The first-order valence-corrected chi connectivity index (χ1v) is 14.6. The Kier molecular flexibility index (Phi) is 11.4. The van der Waals surface area contributed by atoms with E-state index in [2.05, 4.69) is 33.9 Å². The first kappa shape index (κ1) is 30.8. The van der Waals surface area contributed by atoms with E-state index in [9.17, 15) is 14.7 Å². The third-order valence-corrected chi connectivity index (χ3v) is 7.56. The largest absolute Gasteiger partial charge is 0.395 e. The zero-order valence-electron chi connectivity index (χ0n) is 23.9. The van der Waals surface area contributed by atoms with Gasteiger partial charge >= 0.3 is 0 Å². The molecule has 0 aliphatic carbocycles. The van der Waals surface area contributed by atoms with Crippen LogP contribution in [-0.4, -0.2) is 77.9 Å². The molecule has 1 aliphatic heterocycles. The molecule has 0 bridgehead atoms. The highest BCUT2D eigenvalue weighted by molar-refractivity contribution is 6.30. The number of rotatable bonds is 11. The predicted octanol–water partition coefficient (Wildman–Crippen LogP) is 3.40. The number of ether oxygens (including phenoxy) is 1. The second-order valence-corrected chi connectivity index (χ2v) is 10.8. The topological polar surface area (TPSA) is 87.0 Å². The maximum Gasteiger partial charge on any atom is 0.257 e. The van der Waals surface area contributed by atoms with Gasteiger partial charge in [0.05, 0.1) is 37.3 Å². The Morgan fingerprint density at radius 3 is 2.61 bits per heavy atom. The highest BCUT2D eigenvalue weighted by Crippen LogP contribution is 2.22. The van der Waals surface area contributed by atoms with Crippen LogP contribution in [0.3, 0.4) is 0 Å². The summed E-state index contributed by atoms with van der Waals surface area (Å²) >= 11 is 5.98. The van der Waals surface area contributed by atoms with Gasteiger partial charge in [0.1, 0.15) is 5.56 Å². The Labute approximate surface area is 246 Å². The van der Waals surface area contributed by atoms with Crippen LogP contribution in [-0.2, 0) is 24.9 Å². The van der Waals surface area contributed by atoms with E-state index in [0.717, 1.165) is 49.1 Å². The lowest BCUT2D eigenvalue weighted by molar-refractivity contribution is 0.0342. The molecule has 0 unspecified atom stereocenters. The van der Waals surface area contributed by atoms with Crippen molar-refractivity contribution in [3.05, 3.63) is 80.1 Å². The van der Waals surface area contributed by atoms with Crippen molar-refractivity contribution in [1.29, 1.82) is 0 Å². The Balaban J connectivity index is 1.72. The maximum atomic E-state index is 13.9. The molecular weight excluding hydrogens is 540 g/mol. The first-order valence-electron chi connectivity index (χ1n) is 14.2. The molecule has 1 fully saturated rings. The van der Waals surface area contributed by atoms with Gasteiger partial charge in [-0.3, -0.25) is 19.4 Å². The quantitative estimate of drug-likeness (QED) is 0.339. The summed E-state index contributed by atoms with van der Waals surface area (Å²) in [6, 6.07) is 11.2. The van der Waals surface area contributed by atoms with Crippen LogP contribution in [0, 0.1) is 11.8 Å². The number of carbonyl (C=O) groups excluding carboxylic acids is 1. The van der Waals surface area contributed by atoms with Crippen molar-refractivity contribution >= 4 is 28.4 Å². The summed E-state index contributed by atoms with van der Waals surface area (Å²) in [6.07, 6.45) is 3.67. The Hall–Kier alpha value is -3.19. The third-order valence-electron chi connectivity index (χ3n) is 7.31. The molecule has 1 saturated heterocycles. The number of hydrogen-bond donors (Lipinski definition) is 2. The molecule has 9 heteroatoms.